The molecule has 0 unspecified atom stereocenters. The van der Waals surface area contributed by atoms with Crippen LogP contribution in [-0.4, -0.2) is 14.8 Å². The molecule has 19 heavy (non-hydrogen) atoms. The van der Waals surface area contributed by atoms with Crippen LogP contribution in [-0.2, 0) is 19.0 Å². The molecule has 2 aromatic rings. The molecule has 0 aliphatic rings. The fourth-order valence-electron chi connectivity index (χ4n) is 1.74. The maximum atomic E-state index is 4.60. The number of rotatable bonds is 3. The summed E-state index contributed by atoms with van der Waals surface area (Å²) in [6.07, 6.45) is 0. The second-order valence-corrected chi connectivity index (χ2v) is 5.94. The Labute approximate surface area is 114 Å². The first-order valence-corrected chi connectivity index (χ1v) is 6.57. The SMILES string of the molecule is Cc1ccc(NCc2nc(C(C)(C)C)nn2C)cc1. The van der Waals surface area contributed by atoms with E-state index in [1.165, 1.54) is 5.56 Å². The Balaban J connectivity index is 2.07. The van der Waals surface area contributed by atoms with Crippen molar-refractivity contribution in [3.05, 3.63) is 41.5 Å². The van der Waals surface area contributed by atoms with Crippen molar-refractivity contribution in [2.45, 2.75) is 39.7 Å². The summed E-state index contributed by atoms with van der Waals surface area (Å²) in [5, 5.41) is 7.84. The zero-order chi connectivity index (χ0) is 14.0. The molecule has 2 rings (SSSR count). The number of nitrogens with zero attached hydrogens (tertiary/aromatic N) is 3. The highest BCUT2D eigenvalue weighted by molar-refractivity contribution is 5.44. The van der Waals surface area contributed by atoms with Crippen LogP contribution in [0.4, 0.5) is 5.69 Å². The Morgan fingerprint density at radius 2 is 1.79 bits per heavy atom. The van der Waals surface area contributed by atoms with E-state index < -0.39 is 0 Å². The lowest BCUT2D eigenvalue weighted by Gasteiger charge is -2.12. The molecule has 0 amide bonds. The minimum absolute atomic E-state index is 0.0140. The predicted molar refractivity (Wildman–Crippen MR) is 78.2 cm³/mol. The number of aryl methyl sites for hydroxylation is 2. The van der Waals surface area contributed by atoms with Gasteiger partial charge in [-0.3, -0.25) is 4.68 Å². The van der Waals surface area contributed by atoms with Gasteiger partial charge in [0.05, 0.1) is 6.54 Å². The first kappa shape index (κ1) is 13.6. The normalized spacial score (nSPS) is 11.6. The molecule has 0 saturated heterocycles. The second kappa shape index (κ2) is 5.03. The third-order valence-corrected chi connectivity index (χ3v) is 3.03. The summed E-state index contributed by atoms with van der Waals surface area (Å²) in [7, 11) is 1.94. The monoisotopic (exact) mass is 258 g/mol. The van der Waals surface area contributed by atoms with Crippen LogP contribution in [0.25, 0.3) is 0 Å². The molecule has 0 spiro atoms. The number of aromatic nitrogens is 3. The third kappa shape index (κ3) is 3.34. The molecule has 0 radical (unpaired) electrons. The van der Waals surface area contributed by atoms with Crippen molar-refractivity contribution in [2.75, 3.05) is 5.32 Å². The van der Waals surface area contributed by atoms with Gasteiger partial charge in [0.25, 0.3) is 0 Å². The fourth-order valence-corrected chi connectivity index (χ4v) is 1.74. The van der Waals surface area contributed by atoms with Gasteiger partial charge in [0.2, 0.25) is 0 Å². The van der Waals surface area contributed by atoms with E-state index in [4.69, 9.17) is 0 Å². The summed E-state index contributed by atoms with van der Waals surface area (Å²) >= 11 is 0. The molecule has 0 saturated carbocycles. The Hall–Kier alpha value is -1.84. The molecule has 0 atom stereocenters. The van der Waals surface area contributed by atoms with Gasteiger partial charge in [-0.1, -0.05) is 38.5 Å². The van der Waals surface area contributed by atoms with Gasteiger partial charge in [0.15, 0.2) is 5.82 Å². The van der Waals surface area contributed by atoms with Crippen LogP contribution in [0.3, 0.4) is 0 Å². The van der Waals surface area contributed by atoms with Crippen LogP contribution < -0.4 is 5.32 Å². The molecule has 0 aliphatic heterocycles. The lowest BCUT2D eigenvalue weighted by molar-refractivity contribution is 0.538. The van der Waals surface area contributed by atoms with E-state index in [9.17, 15) is 0 Å². The zero-order valence-corrected chi connectivity index (χ0v) is 12.4. The van der Waals surface area contributed by atoms with Crippen LogP contribution in [0.2, 0.25) is 0 Å². The zero-order valence-electron chi connectivity index (χ0n) is 12.4. The minimum Gasteiger partial charge on any atom is -0.378 e. The second-order valence-electron chi connectivity index (χ2n) is 5.94. The van der Waals surface area contributed by atoms with Gasteiger partial charge >= 0.3 is 0 Å². The van der Waals surface area contributed by atoms with Crippen LogP contribution in [0, 0.1) is 6.92 Å². The van der Waals surface area contributed by atoms with Gasteiger partial charge in [0, 0.05) is 18.2 Å². The summed E-state index contributed by atoms with van der Waals surface area (Å²) in [6, 6.07) is 8.35. The highest BCUT2D eigenvalue weighted by Crippen LogP contribution is 2.18. The van der Waals surface area contributed by atoms with Crippen molar-refractivity contribution in [1.82, 2.24) is 14.8 Å². The quantitative estimate of drug-likeness (QED) is 0.920. The molecular weight excluding hydrogens is 236 g/mol. The van der Waals surface area contributed by atoms with Gasteiger partial charge in [-0.05, 0) is 19.1 Å². The van der Waals surface area contributed by atoms with Crippen LogP contribution >= 0.6 is 0 Å². The Morgan fingerprint density at radius 1 is 1.16 bits per heavy atom. The smallest absolute Gasteiger partial charge is 0.156 e. The maximum absolute atomic E-state index is 4.60. The van der Waals surface area contributed by atoms with Gasteiger partial charge < -0.3 is 5.32 Å². The first-order valence-electron chi connectivity index (χ1n) is 6.57. The van der Waals surface area contributed by atoms with Gasteiger partial charge in [-0.2, -0.15) is 5.10 Å². The lowest BCUT2D eigenvalue weighted by atomic mass is 9.96. The molecule has 1 heterocycles. The Kier molecular flexibility index (Phi) is 3.60. The highest BCUT2D eigenvalue weighted by atomic mass is 15.3. The molecule has 0 bridgehead atoms. The third-order valence-electron chi connectivity index (χ3n) is 3.03. The molecule has 1 aromatic carbocycles. The summed E-state index contributed by atoms with van der Waals surface area (Å²) in [4.78, 5) is 4.60. The standard InChI is InChI=1S/C15H22N4/c1-11-6-8-12(9-7-11)16-10-13-17-14(15(2,3)4)18-19(13)5/h6-9,16H,10H2,1-5H3. The topological polar surface area (TPSA) is 42.7 Å². The molecule has 102 valence electrons. The summed E-state index contributed by atoms with van der Waals surface area (Å²) < 4.78 is 1.85. The number of hydrogen-bond donors (Lipinski definition) is 1. The van der Waals surface area contributed by atoms with Crippen LogP contribution in [0.1, 0.15) is 38.0 Å². The molecular formula is C15H22N4. The van der Waals surface area contributed by atoms with Crippen molar-refractivity contribution < 1.29 is 0 Å². The van der Waals surface area contributed by atoms with E-state index in [2.05, 4.69) is 67.4 Å². The van der Waals surface area contributed by atoms with Crippen molar-refractivity contribution in [1.29, 1.82) is 0 Å². The Bertz CT molecular complexity index is 547. The number of benzene rings is 1. The van der Waals surface area contributed by atoms with E-state index in [-0.39, 0.29) is 5.41 Å². The molecule has 1 N–H and O–H groups in total. The van der Waals surface area contributed by atoms with Crippen LogP contribution in [0.15, 0.2) is 24.3 Å². The number of nitrogens with one attached hydrogen (secondary N) is 1. The summed E-state index contributed by atoms with van der Waals surface area (Å²) in [6.45, 7) is 9.14. The Morgan fingerprint density at radius 3 is 2.32 bits per heavy atom. The van der Waals surface area contributed by atoms with Gasteiger partial charge in [-0.15, -0.1) is 0 Å². The maximum Gasteiger partial charge on any atom is 0.156 e. The first-order chi connectivity index (χ1) is 8.86. The van der Waals surface area contributed by atoms with Crippen molar-refractivity contribution in [3.8, 4) is 0 Å². The van der Waals surface area contributed by atoms with E-state index in [1.54, 1.807) is 0 Å². The predicted octanol–water partition coefficient (Wildman–Crippen LogP) is 3.03. The summed E-state index contributed by atoms with van der Waals surface area (Å²) in [5.41, 5.74) is 2.35. The van der Waals surface area contributed by atoms with Crippen molar-refractivity contribution >= 4 is 5.69 Å². The van der Waals surface area contributed by atoms with Gasteiger partial charge in [0.1, 0.15) is 5.82 Å². The fraction of sp³-hybridized carbons (Fsp3) is 0.467. The molecule has 0 aliphatic carbocycles. The van der Waals surface area contributed by atoms with E-state index >= 15 is 0 Å². The largest absolute Gasteiger partial charge is 0.378 e. The minimum atomic E-state index is -0.0140. The highest BCUT2D eigenvalue weighted by Gasteiger charge is 2.20. The average Bonchev–Trinajstić information content (AvgIpc) is 2.70. The molecule has 0 fully saturated rings. The van der Waals surface area contributed by atoms with E-state index in [0.717, 1.165) is 17.3 Å². The van der Waals surface area contributed by atoms with Crippen molar-refractivity contribution in [3.63, 3.8) is 0 Å². The molecule has 4 heteroatoms. The van der Waals surface area contributed by atoms with Gasteiger partial charge in [-0.25, -0.2) is 4.98 Å². The van der Waals surface area contributed by atoms with Crippen LogP contribution in [0.5, 0.6) is 0 Å². The van der Waals surface area contributed by atoms with E-state index in [0.29, 0.717) is 6.54 Å². The molecule has 4 nitrogen and oxygen atoms in total. The van der Waals surface area contributed by atoms with E-state index in [1.807, 2.05) is 11.7 Å². The lowest BCUT2D eigenvalue weighted by Crippen LogP contribution is -2.13. The number of hydrogen-bond acceptors (Lipinski definition) is 3. The number of anilines is 1. The summed E-state index contributed by atoms with van der Waals surface area (Å²) in [5.74, 6) is 1.83. The average molecular weight is 258 g/mol. The van der Waals surface area contributed by atoms with Crippen molar-refractivity contribution in [2.24, 2.45) is 7.05 Å². The molecule has 1 aromatic heterocycles.